The number of amides is 1. The van der Waals surface area contributed by atoms with Crippen molar-refractivity contribution in [3.63, 3.8) is 0 Å². The maximum absolute atomic E-state index is 12.5. The first-order valence-corrected chi connectivity index (χ1v) is 8.62. The van der Waals surface area contributed by atoms with Crippen LogP contribution in [-0.2, 0) is 4.79 Å². The molecule has 1 N–H and O–H groups in total. The minimum Gasteiger partial charge on any atom is -0.325 e. The van der Waals surface area contributed by atoms with Crippen molar-refractivity contribution in [1.29, 1.82) is 0 Å². The van der Waals surface area contributed by atoms with Crippen molar-refractivity contribution in [3.05, 3.63) is 76.8 Å². The molecule has 0 aliphatic carbocycles. The standard InChI is InChI=1S/C19H16N2O3S/c1-13(25-16-11-9-15(10-12-16)21(23)24)19(22)20-18-8-4-6-14-5-2-3-7-17(14)18/h2-13H,1H3,(H,20,22). The number of thioether (sulfide) groups is 1. The Bertz CT molecular complexity index is 920. The maximum atomic E-state index is 12.5. The van der Waals surface area contributed by atoms with Crippen LogP contribution in [0.3, 0.4) is 0 Å². The van der Waals surface area contributed by atoms with E-state index in [1.165, 1.54) is 23.9 Å². The van der Waals surface area contributed by atoms with Crippen LogP contribution in [0, 0.1) is 10.1 Å². The fourth-order valence-electron chi connectivity index (χ4n) is 2.47. The van der Waals surface area contributed by atoms with Gasteiger partial charge >= 0.3 is 0 Å². The van der Waals surface area contributed by atoms with Crippen LogP contribution in [-0.4, -0.2) is 16.1 Å². The van der Waals surface area contributed by atoms with E-state index < -0.39 is 4.92 Å². The van der Waals surface area contributed by atoms with Crippen molar-refractivity contribution in [3.8, 4) is 0 Å². The molecule has 0 radical (unpaired) electrons. The highest BCUT2D eigenvalue weighted by Crippen LogP contribution is 2.28. The summed E-state index contributed by atoms with van der Waals surface area (Å²) in [5.41, 5.74) is 0.816. The number of benzene rings is 3. The van der Waals surface area contributed by atoms with E-state index in [-0.39, 0.29) is 16.8 Å². The highest BCUT2D eigenvalue weighted by molar-refractivity contribution is 8.00. The first-order chi connectivity index (χ1) is 12.0. The Hall–Kier alpha value is -2.86. The number of nitro groups is 1. The van der Waals surface area contributed by atoms with Gasteiger partial charge < -0.3 is 5.32 Å². The molecule has 0 fully saturated rings. The molecule has 1 atom stereocenters. The zero-order chi connectivity index (χ0) is 17.8. The molecule has 3 rings (SSSR count). The predicted molar refractivity (Wildman–Crippen MR) is 101 cm³/mol. The SMILES string of the molecule is CC(Sc1ccc([N+](=O)[O-])cc1)C(=O)Nc1cccc2ccccc12. The molecule has 0 aliphatic heterocycles. The van der Waals surface area contributed by atoms with Gasteiger partial charge in [-0.3, -0.25) is 14.9 Å². The summed E-state index contributed by atoms with van der Waals surface area (Å²) in [6.07, 6.45) is 0. The summed E-state index contributed by atoms with van der Waals surface area (Å²) in [7, 11) is 0. The molecular weight excluding hydrogens is 336 g/mol. The number of nitro benzene ring substituents is 1. The number of anilines is 1. The van der Waals surface area contributed by atoms with Gasteiger partial charge in [-0.1, -0.05) is 36.4 Å². The van der Waals surface area contributed by atoms with Crippen molar-refractivity contribution in [1.82, 2.24) is 0 Å². The van der Waals surface area contributed by atoms with Crippen molar-refractivity contribution < 1.29 is 9.72 Å². The lowest BCUT2D eigenvalue weighted by molar-refractivity contribution is -0.384. The summed E-state index contributed by atoms with van der Waals surface area (Å²) in [6.45, 7) is 1.81. The Morgan fingerprint density at radius 2 is 1.72 bits per heavy atom. The molecule has 0 spiro atoms. The third-order valence-electron chi connectivity index (χ3n) is 3.78. The Labute approximate surface area is 149 Å². The van der Waals surface area contributed by atoms with Crippen LogP contribution in [0.15, 0.2) is 71.6 Å². The van der Waals surface area contributed by atoms with E-state index in [2.05, 4.69) is 5.32 Å². The molecule has 6 heteroatoms. The molecule has 3 aromatic carbocycles. The van der Waals surface area contributed by atoms with Gasteiger partial charge in [0.25, 0.3) is 5.69 Å². The largest absolute Gasteiger partial charge is 0.325 e. The number of carbonyl (C=O) groups excluding carboxylic acids is 1. The second-order valence-electron chi connectivity index (χ2n) is 5.53. The number of carbonyl (C=O) groups is 1. The molecule has 0 saturated heterocycles. The number of non-ortho nitro benzene ring substituents is 1. The third-order valence-corrected chi connectivity index (χ3v) is 4.89. The van der Waals surface area contributed by atoms with Crippen molar-refractivity contribution in [2.24, 2.45) is 0 Å². The van der Waals surface area contributed by atoms with Crippen LogP contribution in [0.1, 0.15) is 6.92 Å². The molecule has 1 amide bonds. The fourth-order valence-corrected chi connectivity index (χ4v) is 3.34. The normalized spacial score (nSPS) is 11.9. The molecule has 0 heterocycles. The zero-order valence-corrected chi connectivity index (χ0v) is 14.3. The lowest BCUT2D eigenvalue weighted by atomic mass is 10.1. The van der Waals surface area contributed by atoms with Gasteiger partial charge in [-0.15, -0.1) is 11.8 Å². The van der Waals surface area contributed by atoms with E-state index in [1.54, 1.807) is 12.1 Å². The van der Waals surface area contributed by atoms with Gasteiger partial charge in [-0.2, -0.15) is 0 Å². The van der Waals surface area contributed by atoms with Gasteiger partial charge in [0.1, 0.15) is 0 Å². The van der Waals surface area contributed by atoms with E-state index >= 15 is 0 Å². The lowest BCUT2D eigenvalue weighted by Crippen LogP contribution is -2.22. The summed E-state index contributed by atoms with van der Waals surface area (Å²) in [6, 6.07) is 19.9. The number of nitrogens with one attached hydrogen (secondary N) is 1. The summed E-state index contributed by atoms with van der Waals surface area (Å²) < 4.78 is 0. The second kappa shape index (κ2) is 7.36. The van der Waals surface area contributed by atoms with Crippen molar-refractivity contribution >= 4 is 39.8 Å². The molecular formula is C19H16N2O3S. The molecule has 0 bridgehead atoms. The zero-order valence-electron chi connectivity index (χ0n) is 13.5. The van der Waals surface area contributed by atoms with Crippen LogP contribution in [0.4, 0.5) is 11.4 Å². The van der Waals surface area contributed by atoms with Gasteiger partial charge in [0.15, 0.2) is 0 Å². The van der Waals surface area contributed by atoms with Gasteiger partial charge in [-0.25, -0.2) is 0 Å². The first kappa shape index (κ1) is 17.0. The average molecular weight is 352 g/mol. The average Bonchev–Trinajstić information content (AvgIpc) is 2.62. The summed E-state index contributed by atoms with van der Waals surface area (Å²) in [5.74, 6) is -0.111. The quantitative estimate of drug-likeness (QED) is 0.404. The van der Waals surface area contributed by atoms with Crippen LogP contribution in [0.25, 0.3) is 10.8 Å². The number of hydrogen-bond donors (Lipinski definition) is 1. The Morgan fingerprint density at radius 1 is 1.04 bits per heavy atom. The summed E-state index contributed by atoms with van der Waals surface area (Å²) in [5, 5.41) is 15.4. The second-order valence-corrected chi connectivity index (χ2v) is 6.94. The third kappa shape index (κ3) is 3.97. The van der Waals surface area contributed by atoms with Gasteiger partial charge in [0.05, 0.1) is 10.2 Å². The maximum Gasteiger partial charge on any atom is 0.269 e. The van der Waals surface area contributed by atoms with E-state index in [0.29, 0.717) is 0 Å². The van der Waals surface area contributed by atoms with E-state index in [9.17, 15) is 14.9 Å². The number of hydrogen-bond acceptors (Lipinski definition) is 4. The topological polar surface area (TPSA) is 72.2 Å². The van der Waals surface area contributed by atoms with Gasteiger partial charge in [0.2, 0.25) is 5.91 Å². The minimum absolute atomic E-state index is 0.0391. The molecule has 0 aromatic heterocycles. The lowest BCUT2D eigenvalue weighted by Gasteiger charge is -2.13. The van der Waals surface area contributed by atoms with Gasteiger partial charge in [0, 0.05) is 28.1 Å². The Kier molecular flexibility index (Phi) is 5.00. The van der Waals surface area contributed by atoms with Crippen LogP contribution < -0.4 is 5.32 Å². The molecule has 126 valence electrons. The first-order valence-electron chi connectivity index (χ1n) is 7.74. The number of rotatable bonds is 5. The van der Waals surface area contributed by atoms with E-state index in [4.69, 9.17) is 0 Å². The predicted octanol–water partition coefficient (Wildman–Crippen LogP) is 4.87. The highest BCUT2D eigenvalue weighted by atomic mass is 32.2. The van der Waals surface area contributed by atoms with Crippen molar-refractivity contribution in [2.75, 3.05) is 5.32 Å². The monoisotopic (exact) mass is 352 g/mol. The Balaban J connectivity index is 1.71. The van der Waals surface area contributed by atoms with Crippen LogP contribution in [0.5, 0.6) is 0 Å². The summed E-state index contributed by atoms with van der Waals surface area (Å²) >= 11 is 1.36. The smallest absolute Gasteiger partial charge is 0.269 e. The number of nitrogens with zero attached hydrogens (tertiary/aromatic N) is 1. The molecule has 3 aromatic rings. The van der Waals surface area contributed by atoms with Crippen LogP contribution in [0.2, 0.25) is 0 Å². The van der Waals surface area contributed by atoms with Gasteiger partial charge in [-0.05, 0) is 30.5 Å². The van der Waals surface area contributed by atoms with E-state index in [0.717, 1.165) is 21.4 Å². The summed E-state index contributed by atoms with van der Waals surface area (Å²) in [4.78, 5) is 23.6. The van der Waals surface area contributed by atoms with Crippen LogP contribution >= 0.6 is 11.8 Å². The molecule has 25 heavy (non-hydrogen) atoms. The molecule has 0 aliphatic rings. The molecule has 0 saturated carbocycles. The van der Waals surface area contributed by atoms with E-state index in [1.807, 2.05) is 49.4 Å². The highest BCUT2D eigenvalue weighted by Gasteiger charge is 2.16. The Morgan fingerprint density at radius 3 is 2.44 bits per heavy atom. The van der Waals surface area contributed by atoms with Crippen molar-refractivity contribution in [2.45, 2.75) is 17.1 Å². The minimum atomic E-state index is -0.439. The molecule has 5 nitrogen and oxygen atoms in total. The fraction of sp³-hybridized carbons (Fsp3) is 0.105. The molecule has 1 unspecified atom stereocenters. The number of fused-ring (bicyclic) bond motifs is 1.